The Morgan fingerprint density at radius 2 is 1.70 bits per heavy atom. The highest BCUT2D eigenvalue weighted by molar-refractivity contribution is 5.96. The van der Waals surface area contributed by atoms with Crippen molar-refractivity contribution in [3.8, 4) is 0 Å². The maximum atomic E-state index is 15.1. The van der Waals surface area contributed by atoms with Gasteiger partial charge in [0, 0.05) is 35.1 Å². The molecule has 0 saturated heterocycles. The lowest BCUT2D eigenvalue weighted by Gasteiger charge is -2.29. The van der Waals surface area contributed by atoms with E-state index in [1.54, 1.807) is 18.2 Å². The number of carbonyl (C=O) groups is 1. The number of rotatable bonds is 10. The van der Waals surface area contributed by atoms with Gasteiger partial charge >= 0.3 is 12.2 Å². The molecule has 0 aromatic heterocycles. The van der Waals surface area contributed by atoms with Gasteiger partial charge in [0.1, 0.15) is 12.0 Å². The number of halogens is 4. The average Bonchev–Trinajstić information content (AvgIpc) is 3.28. The summed E-state index contributed by atoms with van der Waals surface area (Å²) in [6.07, 6.45) is -0.599. The number of hydrogen-bond acceptors (Lipinski definition) is 5. The van der Waals surface area contributed by atoms with Gasteiger partial charge in [-0.05, 0) is 63.3 Å². The zero-order chi connectivity index (χ0) is 26.6. The molecule has 2 aliphatic heterocycles. The number of anilines is 1. The maximum absolute atomic E-state index is 15.1. The molecule has 2 amide bonds. The topological polar surface area (TPSA) is 99.7 Å². The number of carbonyl (C=O) groups excluding carboxylic acids is 1. The summed E-state index contributed by atoms with van der Waals surface area (Å²) in [5, 5.41) is 5.65. The fraction of sp³-hybridized carbons (Fsp3) is 0.346. The highest BCUT2D eigenvalue weighted by atomic mass is 19.4. The molecule has 2 aromatic carbocycles. The van der Waals surface area contributed by atoms with Gasteiger partial charge in [0.2, 0.25) is 0 Å². The van der Waals surface area contributed by atoms with Gasteiger partial charge in [-0.1, -0.05) is 24.3 Å². The van der Waals surface area contributed by atoms with Crippen LogP contribution in [0.5, 0.6) is 0 Å². The van der Waals surface area contributed by atoms with Crippen LogP contribution in [0.15, 0.2) is 60.3 Å². The molecule has 37 heavy (non-hydrogen) atoms. The summed E-state index contributed by atoms with van der Waals surface area (Å²) < 4.78 is 55.5. The van der Waals surface area contributed by atoms with Crippen LogP contribution < -0.4 is 27.0 Å². The summed E-state index contributed by atoms with van der Waals surface area (Å²) in [5.74, 6) is -0.462. The van der Waals surface area contributed by atoms with E-state index in [4.69, 9.17) is 11.5 Å². The number of fused-ring (bicyclic) bond motifs is 1. The van der Waals surface area contributed by atoms with Gasteiger partial charge in [-0.25, -0.2) is 9.18 Å². The summed E-state index contributed by atoms with van der Waals surface area (Å²) in [6, 6.07) is 9.26. The Bertz CT molecular complexity index is 1190. The van der Waals surface area contributed by atoms with Crippen LogP contribution in [0, 0.1) is 5.82 Å². The van der Waals surface area contributed by atoms with Crippen molar-refractivity contribution >= 4 is 17.4 Å². The van der Waals surface area contributed by atoms with E-state index in [0.29, 0.717) is 36.5 Å². The summed E-state index contributed by atoms with van der Waals surface area (Å²) in [5.41, 5.74) is 12.0. The van der Waals surface area contributed by atoms with E-state index < -0.39 is 29.8 Å². The largest absolute Gasteiger partial charge is 0.417 e. The second-order valence-corrected chi connectivity index (χ2v) is 8.96. The first-order valence-electron chi connectivity index (χ1n) is 12.1. The smallest absolute Gasteiger partial charge is 0.361 e. The molecule has 1 atom stereocenters. The van der Waals surface area contributed by atoms with E-state index in [9.17, 15) is 18.0 Å². The molecular weight excluding hydrogens is 488 g/mol. The molecule has 7 nitrogen and oxygen atoms in total. The van der Waals surface area contributed by atoms with Crippen LogP contribution in [0.25, 0.3) is 5.70 Å². The molecule has 198 valence electrons. The lowest BCUT2D eigenvalue weighted by Crippen LogP contribution is -2.51. The summed E-state index contributed by atoms with van der Waals surface area (Å²) in [4.78, 5) is 16.1. The van der Waals surface area contributed by atoms with Gasteiger partial charge in [-0.15, -0.1) is 0 Å². The Morgan fingerprint density at radius 3 is 2.35 bits per heavy atom. The number of urea groups is 1. The molecule has 0 spiro atoms. The molecule has 4 rings (SSSR count). The molecule has 0 radical (unpaired) electrons. The van der Waals surface area contributed by atoms with E-state index >= 15 is 4.39 Å². The predicted octanol–water partition coefficient (Wildman–Crippen LogP) is 3.73. The molecule has 2 aliphatic rings. The zero-order valence-corrected chi connectivity index (χ0v) is 20.2. The molecular formula is C26H30F4N6O. The molecule has 0 saturated carbocycles. The molecule has 2 aromatic rings. The number of hydrogen-bond donors (Lipinski definition) is 4. The first kappa shape index (κ1) is 26.6. The fourth-order valence-corrected chi connectivity index (χ4v) is 4.43. The third kappa shape index (κ3) is 6.12. The summed E-state index contributed by atoms with van der Waals surface area (Å²) >= 11 is 0. The third-order valence-electron chi connectivity index (χ3n) is 6.30. The Balaban J connectivity index is 1.56. The van der Waals surface area contributed by atoms with Crippen molar-refractivity contribution in [2.45, 2.75) is 31.7 Å². The number of alkyl halides is 3. The maximum Gasteiger partial charge on any atom is 0.417 e. The van der Waals surface area contributed by atoms with Crippen molar-refractivity contribution in [3.05, 3.63) is 82.8 Å². The number of benzene rings is 2. The Labute approximate surface area is 212 Å². The molecule has 6 N–H and O–H groups in total. The molecule has 0 aliphatic carbocycles. The quantitative estimate of drug-likeness (QED) is 0.360. The minimum absolute atomic E-state index is 0.0182. The van der Waals surface area contributed by atoms with Crippen molar-refractivity contribution < 1.29 is 22.4 Å². The van der Waals surface area contributed by atoms with Gasteiger partial charge in [-0.2, -0.15) is 13.2 Å². The SMILES string of the molecule is NCCCN(CCCN)Cc1ccc(N2C=C3C=C(c4ccccc4C(F)(F)F)NC3NC2=O)cc1F. The first-order valence-corrected chi connectivity index (χ1v) is 12.1. The van der Waals surface area contributed by atoms with E-state index in [1.165, 1.54) is 35.4 Å². The summed E-state index contributed by atoms with van der Waals surface area (Å²) in [7, 11) is 0. The van der Waals surface area contributed by atoms with Crippen molar-refractivity contribution in [1.29, 1.82) is 0 Å². The first-order chi connectivity index (χ1) is 17.7. The Kier molecular flexibility index (Phi) is 8.16. The standard InChI is InChI=1S/C26H30F4N6O/c27-22-14-19(8-7-17(22)15-35(11-3-9-31)12-4-10-32)36-16-18-13-23(33-24(18)34-25(36)37)20-5-1-2-6-21(20)26(28,29)30/h1-2,5-8,13-14,16,24,33H,3-4,9-12,15,31-32H2,(H,34,37). The lowest BCUT2D eigenvalue weighted by molar-refractivity contribution is -0.137. The molecule has 11 heteroatoms. The zero-order valence-electron chi connectivity index (χ0n) is 20.2. The minimum atomic E-state index is -4.53. The summed E-state index contributed by atoms with van der Waals surface area (Å²) in [6.45, 7) is 2.90. The number of nitrogens with one attached hydrogen (secondary N) is 2. The van der Waals surface area contributed by atoms with Crippen LogP contribution in [-0.2, 0) is 12.7 Å². The third-order valence-corrected chi connectivity index (χ3v) is 6.30. The minimum Gasteiger partial charge on any atom is -0.361 e. The highest BCUT2D eigenvalue weighted by Gasteiger charge is 2.37. The van der Waals surface area contributed by atoms with Crippen LogP contribution in [0.4, 0.5) is 28.0 Å². The van der Waals surface area contributed by atoms with Gasteiger partial charge in [0.05, 0.1) is 11.3 Å². The van der Waals surface area contributed by atoms with Crippen LogP contribution in [0.1, 0.15) is 29.5 Å². The van der Waals surface area contributed by atoms with Crippen LogP contribution >= 0.6 is 0 Å². The number of amides is 2. The van der Waals surface area contributed by atoms with Gasteiger partial charge in [0.25, 0.3) is 0 Å². The average molecular weight is 519 g/mol. The second kappa shape index (κ2) is 11.3. The van der Waals surface area contributed by atoms with Gasteiger partial charge in [-0.3, -0.25) is 9.80 Å². The van der Waals surface area contributed by atoms with Crippen molar-refractivity contribution in [1.82, 2.24) is 15.5 Å². The predicted molar refractivity (Wildman–Crippen MR) is 134 cm³/mol. The van der Waals surface area contributed by atoms with Crippen molar-refractivity contribution in [2.24, 2.45) is 11.5 Å². The Morgan fingerprint density at radius 1 is 1.00 bits per heavy atom. The van der Waals surface area contributed by atoms with Gasteiger partial charge < -0.3 is 22.1 Å². The number of nitrogens with two attached hydrogens (primary N) is 2. The van der Waals surface area contributed by atoms with Crippen molar-refractivity contribution in [3.63, 3.8) is 0 Å². The van der Waals surface area contributed by atoms with Crippen LogP contribution in [-0.4, -0.2) is 43.3 Å². The van der Waals surface area contributed by atoms with E-state index in [-0.39, 0.29) is 11.3 Å². The normalized spacial score (nSPS) is 17.3. The molecule has 0 bridgehead atoms. The lowest BCUT2D eigenvalue weighted by atomic mass is 10.0. The van der Waals surface area contributed by atoms with Crippen LogP contribution in [0.2, 0.25) is 0 Å². The van der Waals surface area contributed by atoms with Crippen LogP contribution in [0.3, 0.4) is 0 Å². The molecule has 0 fully saturated rings. The second-order valence-electron chi connectivity index (χ2n) is 8.96. The number of nitrogens with zero attached hydrogens (tertiary/aromatic N) is 2. The molecule has 2 heterocycles. The van der Waals surface area contributed by atoms with Gasteiger partial charge in [0.15, 0.2) is 0 Å². The van der Waals surface area contributed by atoms with Crippen molar-refractivity contribution in [2.75, 3.05) is 31.1 Å². The monoisotopic (exact) mass is 518 g/mol. The highest BCUT2D eigenvalue weighted by Crippen LogP contribution is 2.37. The molecule has 1 unspecified atom stereocenters. The Hall–Kier alpha value is -3.41. The van der Waals surface area contributed by atoms with E-state index in [0.717, 1.165) is 32.0 Å². The fourth-order valence-electron chi connectivity index (χ4n) is 4.43. The van der Waals surface area contributed by atoms with E-state index in [1.807, 2.05) is 0 Å². The van der Waals surface area contributed by atoms with E-state index in [2.05, 4.69) is 15.5 Å².